The van der Waals surface area contributed by atoms with Gasteiger partial charge in [-0.3, -0.25) is 0 Å². The highest BCUT2D eigenvalue weighted by Crippen LogP contribution is 2.28. The number of rotatable bonds is 7. The largest absolute Gasteiger partial charge is 0.492 e. The molecule has 0 aliphatic rings. The third-order valence-electron chi connectivity index (χ3n) is 2.89. The van der Waals surface area contributed by atoms with Gasteiger partial charge in [-0.2, -0.15) is 0 Å². The molecule has 0 fully saturated rings. The van der Waals surface area contributed by atoms with Crippen LogP contribution in [-0.4, -0.2) is 12.6 Å². The third kappa shape index (κ3) is 4.20. The Kier molecular flexibility index (Phi) is 5.36. The first kappa shape index (κ1) is 14.8. The summed E-state index contributed by atoms with van der Waals surface area (Å²) in [5.74, 6) is 1.71. The van der Waals surface area contributed by atoms with Gasteiger partial charge in [0.25, 0.3) is 0 Å². The maximum Gasteiger partial charge on any atom is 0.138 e. The number of furan rings is 1. The zero-order chi connectivity index (χ0) is 14.4. The molecular weight excluding hydrogens is 274 g/mol. The molecule has 1 N–H and O–H groups in total. The van der Waals surface area contributed by atoms with Crippen LogP contribution in [-0.2, 0) is 6.42 Å². The van der Waals surface area contributed by atoms with Crippen molar-refractivity contribution in [1.29, 1.82) is 0 Å². The molecule has 0 aliphatic heterocycles. The van der Waals surface area contributed by atoms with Crippen LogP contribution in [0.1, 0.15) is 26.0 Å². The van der Waals surface area contributed by atoms with E-state index in [0.717, 1.165) is 30.0 Å². The lowest BCUT2D eigenvalue weighted by Crippen LogP contribution is -2.17. The van der Waals surface area contributed by atoms with Crippen molar-refractivity contribution in [1.82, 2.24) is 0 Å². The van der Waals surface area contributed by atoms with Crippen molar-refractivity contribution in [2.45, 2.75) is 32.7 Å². The van der Waals surface area contributed by atoms with Gasteiger partial charge in [0.1, 0.15) is 11.5 Å². The number of nitrogens with one attached hydrogen (secondary N) is 1. The molecule has 1 unspecified atom stereocenters. The summed E-state index contributed by atoms with van der Waals surface area (Å²) in [7, 11) is 0. The van der Waals surface area contributed by atoms with Gasteiger partial charge in [0, 0.05) is 18.2 Å². The number of hydrogen-bond acceptors (Lipinski definition) is 3. The number of anilines is 1. The second-order valence-corrected chi connectivity index (χ2v) is 5.23. The summed E-state index contributed by atoms with van der Waals surface area (Å²) in [5.41, 5.74) is 0.984. The van der Waals surface area contributed by atoms with Crippen LogP contribution in [0.25, 0.3) is 0 Å². The van der Waals surface area contributed by atoms with E-state index in [1.165, 1.54) is 0 Å². The highest BCUT2D eigenvalue weighted by atomic mass is 35.5. The highest BCUT2D eigenvalue weighted by Gasteiger charge is 2.08. The zero-order valence-corrected chi connectivity index (χ0v) is 12.6. The van der Waals surface area contributed by atoms with E-state index < -0.39 is 0 Å². The standard InChI is InChI=1S/C16H20ClNO2/c1-3-8-20-16-7-6-13(11-15(16)17)18-12(2)10-14-5-4-9-19-14/h4-7,9,11-12,18H,3,8,10H2,1-2H3. The Bertz CT molecular complexity index is 525. The summed E-state index contributed by atoms with van der Waals surface area (Å²) in [4.78, 5) is 0. The molecule has 0 bridgehead atoms. The van der Waals surface area contributed by atoms with Gasteiger partial charge in [0.15, 0.2) is 0 Å². The zero-order valence-electron chi connectivity index (χ0n) is 11.9. The molecule has 0 aliphatic carbocycles. The molecule has 0 amide bonds. The Balaban J connectivity index is 1.94. The molecule has 2 aromatic rings. The Morgan fingerprint density at radius 1 is 1.35 bits per heavy atom. The molecule has 1 heterocycles. The molecule has 4 heteroatoms. The SMILES string of the molecule is CCCOc1ccc(NC(C)Cc2ccco2)cc1Cl. The van der Waals surface area contributed by atoms with Gasteiger partial charge in [-0.1, -0.05) is 18.5 Å². The van der Waals surface area contributed by atoms with Crippen LogP contribution < -0.4 is 10.1 Å². The lowest BCUT2D eigenvalue weighted by molar-refractivity contribution is 0.317. The van der Waals surface area contributed by atoms with Crippen LogP contribution in [0.5, 0.6) is 5.75 Å². The summed E-state index contributed by atoms with van der Waals surface area (Å²) < 4.78 is 10.9. The maximum atomic E-state index is 6.21. The monoisotopic (exact) mass is 293 g/mol. The average molecular weight is 294 g/mol. The van der Waals surface area contributed by atoms with Crippen molar-refractivity contribution in [2.75, 3.05) is 11.9 Å². The summed E-state index contributed by atoms with van der Waals surface area (Å²) in [6.07, 6.45) is 3.49. The van der Waals surface area contributed by atoms with Crippen LogP contribution in [0.3, 0.4) is 0 Å². The second kappa shape index (κ2) is 7.25. The predicted molar refractivity (Wildman–Crippen MR) is 82.7 cm³/mol. The molecular formula is C16H20ClNO2. The lowest BCUT2D eigenvalue weighted by atomic mass is 10.2. The Morgan fingerprint density at radius 3 is 2.85 bits per heavy atom. The minimum atomic E-state index is 0.264. The summed E-state index contributed by atoms with van der Waals surface area (Å²) in [6, 6.07) is 9.92. The molecule has 1 atom stereocenters. The first-order valence-electron chi connectivity index (χ1n) is 6.90. The van der Waals surface area contributed by atoms with Gasteiger partial charge in [-0.25, -0.2) is 0 Å². The van der Waals surface area contributed by atoms with Crippen molar-refractivity contribution in [2.24, 2.45) is 0 Å². The smallest absolute Gasteiger partial charge is 0.138 e. The van der Waals surface area contributed by atoms with Crippen LogP contribution >= 0.6 is 11.6 Å². The normalized spacial score (nSPS) is 12.2. The van der Waals surface area contributed by atoms with E-state index in [1.807, 2.05) is 30.3 Å². The van der Waals surface area contributed by atoms with Crippen LogP contribution in [0.4, 0.5) is 5.69 Å². The van der Waals surface area contributed by atoms with Crippen LogP contribution in [0, 0.1) is 0 Å². The predicted octanol–water partition coefficient (Wildman–Crippen LogP) is 4.76. The molecule has 108 valence electrons. The van der Waals surface area contributed by atoms with E-state index in [1.54, 1.807) is 6.26 Å². The Morgan fingerprint density at radius 2 is 2.20 bits per heavy atom. The fourth-order valence-electron chi connectivity index (χ4n) is 1.99. The molecule has 0 saturated heterocycles. The molecule has 2 rings (SSSR count). The molecule has 0 spiro atoms. The fourth-order valence-corrected chi connectivity index (χ4v) is 2.22. The van der Waals surface area contributed by atoms with Crippen molar-refractivity contribution in [3.63, 3.8) is 0 Å². The van der Waals surface area contributed by atoms with E-state index in [4.69, 9.17) is 20.8 Å². The quantitative estimate of drug-likeness (QED) is 0.799. The van der Waals surface area contributed by atoms with E-state index in [-0.39, 0.29) is 6.04 Å². The molecule has 0 saturated carbocycles. The molecule has 20 heavy (non-hydrogen) atoms. The summed E-state index contributed by atoms with van der Waals surface area (Å²) in [5, 5.41) is 4.04. The maximum absolute atomic E-state index is 6.21. The lowest BCUT2D eigenvalue weighted by Gasteiger charge is -2.15. The third-order valence-corrected chi connectivity index (χ3v) is 3.19. The van der Waals surface area contributed by atoms with E-state index in [0.29, 0.717) is 11.6 Å². The van der Waals surface area contributed by atoms with E-state index in [9.17, 15) is 0 Å². The number of benzene rings is 1. The van der Waals surface area contributed by atoms with Gasteiger partial charge in [0.2, 0.25) is 0 Å². The van der Waals surface area contributed by atoms with Crippen LogP contribution in [0.2, 0.25) is 5.02 Å². The molecule has 1 aromatic heterocycles. The van der Waals surface area contributed by atoms with Gasteiger partial charge in [-0.05, 0) is 43.7 Å². The first-order valence-corrected chi connectivity index (χ1v) is 7.28. The van der Waals surface area contributed by atoms with Crippen LogP contribution in [0.15, 0.2) is 41.0 Å². The Hall–Kier alpha value is -1.61. The van der Waals surface area contributed by atoms with Gasteiger partial charge >= 0.3 is 0 Å². The second-order valence-electron chi connectivity index (χ2n) is 4.82. The van der Waals surface area contributed by atoms with Crippen molar-refractivity contribution < 1.29 is 9.15 Å². The minimum absolute atomic E-state index is 0.264. The topological polar surface area (TPSA) is 34.4 Å². The fraction of sp³-hybridized carbons (Fsp3) is 0.375. The highest BCUT2D eigenvalue weighted by molar-refractivity contribution is 6.32. The number of halogens is 1. The molecule has 1 aromatic carbocycles. The van der Waals surface area contributed by atoms with Gasteiger partial charge in [0.05, 0.1) is 17.9 Å². The summed E-state index contributed by atoms with van der Waals surface area (Å²) in [6.45, 7) is 4.86. The number of ether oxygens (including phenoxy) is 1. The number of hydrogen-bond donors (Lipinski definition) is 1. The van der Waals surface area contributed by atoms with E-state index >= 15 is 0 Å². The first-order chi connectivity index (χ1) is 9.69. The van der Waals surface area contributed by atoms with Gasteiger partial charge < -0.3 is 14.5 Å². The van der Waals surface area contributed by atoms with Crippen molar-refractivity contribution >= 4 is 17.3 Å². The molecule has 0 radical (unpaired) electrons. The summed E-state index contributed by atoms with van der Waals surface area (Å²) >= 11 is 6.21. The van der Waals surface area contributed by atoms with Crippen molar-refractivity contribution in [3.8, 4) is 5.75 Å². The Labute approximate surface area is 124 Å². The van der Waals surface area contributed by atoms with Crippen molar-refractivity contribution in [3.05, 3.63) is 47.4 Å². The van der Waals surface area contributed by atoms with Gasteiger partial charge in [-0.15, -0.1) is 0 Å². The molecule has 3 nitrogen and oxygen atoms in total. The van der Waals surface area contributed by atoms with E-state index in [2.05, 4.69) is 19.2 Å². The average Bonchev–Trinajstić information content (AvgIpc) is 2.90. The minimum Gasteiger partial charge on any atom is -0.492 e.